The summed E-state index contributed by atoms with van der Waals surface area (Å²) < 4.78 is 34.1. The summed E-state index contributed by atoms with van der Waals surface area (Å²) in [7, 11) is 0. The van der Waals surface area contributed by atoms with Gasteiger partial charge in [0, 0.05) is 6.42 Å². The first-order chi connectivity index (χ1) is 37.3. The molecule has 3 aliphatic rings. The zero-order chi connectivity index (χ0) is 56.2. The second-order valence-corrected chi connectivity index (χ2v) is 21.8. The van der Waals surface area contributed by atoms with E-state index >= 15 is 0 Å². The van der Waals surface area contributed by atoms with Gasteiger partial charge in [0.1, 0.15) is 73.2 Å². The second kappa shape index (κ2) is 42.1. The van der Waals surface area contributed by atoms with Gasteiger partial charge in [-0.15, -0.1) is 0 Å². The number of ether oxygens (including phenoxy) is 6. The standard InChI is InChI=1S/C58H107NO18/c1-3-5-7-9-11-12-13-14-15-16-17-18-19-20-21-22-23-24-25-26-27-28-29-30-31-33-35-42(63)41(59-46(64)36-34-32-10-8-6-4-2)40-72-56-52(70)49(67)54(44(38-61)74-56)77-58-53(71)50(68)55(45(39-62)75-58)76-57-51(69)48(66)47(65)43(37-60)73-57/h28-29,33,35,41-45,47-58,60-63,65-71H,3-27,30-32,34,36-40H2,1-2H3,(H,59,64)/b29-28+,35-33+. The molecule has 3 aliphatic heterocycles. The molecule has 19 heteroatoms. The van der Waals surface area contributed by atoms with Gasteiger partial charge in [0.05, 0.1) is 38.6 Å². The minimum Gasteiger partial charge on any atom is -0.394 e. The van der Waals surface area contributed by atoms with E-state index in [0.717, 1.165) is 51.4 Å². The second-order valence-electron chi connectivity index (χ2n) is 21.8. The summed E-state index contributed by atoms with van der Waals surface area (Å²) in [5, 5.41) is 120. The predicted octanol–water partition coefficient (Wildman–Crippen LogP) is 5.15. The Balaban J connectivity index is 1.42. The molecule has 452 valence electrons. The lowest BCUT2D eigenvalue weighted by molar-refractivity contribution is -0.379. The zero-order valence-corrected chi connectivity index (χ0v) is 46.9. The maximum atomic E-state index is 13.1. The number of allylic oxidation sites excluding steroid dienone is 3. The summed E-state index contributed by atoms with van der Waals surface area (Å²) in [6, 6.07) is -0.982. The molecule has 3 fully saturated rings. The number of hydrogen-bond acceptors (Lipinski definition) is 18. The van der Waals surface area contributed by atoms with Crippen molar-refractivity contribution in [3.8, 4) is 0 Å². The third kappa shape index (κ3) is 26.4. The summed E-state index contributed by atoms with van der Waals surface area (Å²) in [6.45, 7) is 1.62. The highest BCUT2D eigenvalue weighted by Crippen LogP contribution is 2.33. The van der Waals surface area contributed by atoms with Crippen LogP contribution in [-0.4, -0.2) is 193 Å². The Bertz CT molecular complexity index is 1510. The number of hydrogen-bond donors (Lipinski definition) is 12. The van der Waals surface area contributed by atoms with Crippen molar-refractivity contribution in [2.75, 3.05) is 26.4 Å². The Hall–Kier alpha value is -1.73. The molecule has 19 nitrogen and oxygen atoms in total. The van der Waals surface area contributed by atoms with Crippen LogP contribution < -0.4 is 5.32 Å². The van der Waals surface area contributed by atoms with E-state index in [9.17, 15) is 61.0 Å². The van der Waals surface area contributed by atoms with E-state index < -0.39 is 124 Å². The fourth-order valence-electron chi connectivity index (χ4n) is 10.3. The first-order valence-electron chi connectivity index (χ1n) is 30.1. The van der Waals surface area contributed by atoms with Crippen molar-refractivity contribution in [3.63, 3.8) is 0 Å². The largest absolute Gasteiger partial charge is 0.394 e. The van der Waals surface area contributed by atoms with Crippen molar-refractivity contribution in [1.29, 1.82) is 0 Å². The number of unbranched alkanes of at least 4 members (excludes halogenated alkanes) is 26. The van der Waals surface area contributed by atoms with Gasteiger partial charge in [-0.2, -0.15) is 0 Å². The average Bonchev–Trinajstić information content (AvgIpc) is 3.43. The van der Waals surface area contributed by atoms with Crippen molar-refractivity contribution < 1.29 is 89.4 Å². The number of nitrogens with one attached hydrogen (secondary N) is 1. The smallest absolute Gasteiger partial charge is 0.220 e. The fourth-order valence-corrected chi connectivity index (χ4v) is 10.3. The minimum atomic E-state index is -1.98. The molecule has 3 heterocycles. The van der Waals surface area contributed by atoms with Crippen LogP contribution in [0, 0.1) is 0 Å². The Morgan fingerprint density at radius 2 is 0.831 bits per heavy atom. The summed E-state index contributed by atoms with van der Waals surface area (Å²) in [4.78, 5) is 13.1. The van der Waals surface area contributed by atoms with Gasteiger partial charge in [0.25, 0.3) is 0 Å². The van der Waals surface area contributed by atoms with E-state index in [0.29, 0.717) is 12.8 Å². The third-order valence-corrected chi connectivity index (χ3v) is 15.3. The molecular weight excluding hydrogens is 999 g/mol. The van der Waals surface area contributed by atoms with Gasteiger partial charge in [0.2, 0.25) is 5.91 Å². The highest BCUT2D eigenvalue weighted by molar-refractivity contribution is 5.76. The molecular formula is C58H107NO18. The number of aliphatic hydroxyl groups excluding tert-OH is 11. The van der Waals surface area contributed by atoms with Crippen molar-refractivity contribution >= 4 is 5.91 Å². The number of rotatable bonds is 44. The molecule has 0 saturated carbocycles. The summed E-state index contributed by atoms with van der Waals surface area (Å²) >= 11 is 0. The molecule has 0 aromatic rings. The maximum Gasteiger partial charge on any atom is 0.220 e. The Labute approximate surface area is 460 Å². The van der Waals surface area contributed by atoms with Crippen LogP contribution in [0.4, 0.5) is 0 Å². The number of aliphatic hydroxyl groups is 11. The van der Waals surface area contributed by atoms with E-state index in [-0.39, 0.29) is 18.9 Å². The van der Waals surface area contributed by atoms with Crippen LogP contribution in [0.3, 0.4) is 0 Å². The molecule has 3 saturated heterocycles. The lowest BCUT2D eigenvalue weighted by Crippen LogP contribution is -2.66. The normalized spacial score (nSPS) is 30.8. The molecule has 0 radical (unpaired) electrons. The third-order valence-electron chi connectivity index (χ3n) is 15.3. The first-order valence-corrected chi connectivity index (χ1v) is 30.1. The van der Waals surface area contributed by atoms with Gasteiger partial charge in [0.15, 0.2) is 18.9 Å². The van der Waals surface area contributed by atoms with Crippen molar-refractivity contribution in [3.05, 3.63) is 24.3 Å². The molecule has 17 unspecified atom stereocenters. The van der Waals surface area contributed by atoms with E-state index in [1.54, 1.807) is 6.08 Å². The van der Waals surface area contributed by atoms with Gasteiger partial charge in [-0.3, -0.25) is 4.79 Å². The van der Waals surface area contributed by atoms with Crippen molar-refractivity contribution in [1.82, 2.24) is 5.32 Å². The van der Waals surface area contributed by atoms with Crippen LogP contribution in [0.2, 0.25) is 0 Å². The topological polar surface area (TPSA) is 307 Å². The summed E-state index contributed by atoms with van der Waals surface area (Å²) in [5.41, 5.74) is 0. The Morgan fingerprint density at radius 3 is 1.30 bits per heavy atom. The van der Waals surface area contributed by atoms with Gasteiger partial charge >= 0.3 is 0 Å². The monoisotopic (exact) mass is 1110 g/mol. The van der Waals surface area contributed by atoms with E-state index in [1.165, 1.54) is 122 Å². The fraction of sp³-hybridized carbons (Fsp3) is 0.914. The molecule has 17 atom stereocenters. The summed E-state index contributed by atoms with van der Waals surface area (Å²) in [6.07, 6.45) is 16.7. The minimum absolute atomic E-state index is 0.234. The van der Waals surface area contributed by atoms with Crippen LogP contribution in [0.15, 0.2) is 24.3 Å². The molecule has 77 heavy (non-hydrogen) atoms. The van der Waals surface area contributed by atoms with Crippen LogP contribution >= 0.6 is 0 Å². The molecule has 3 rings (SSSR count). The van der Waals surface area contributed by atoms with Crippen molar-refractivity contribution in [2.24, 2.45) is 0 Å². The number of carbonyl (C=O) groups excluding carboxylic acids is 1. The molecule has 0 aliphatic carbocycles. The lowest BCUT2D eigenvalue weighted by atomic mass is 9.96. The van der Waals surface area contributed by atoms with Gasteiger partial charge < -0.3 is 89.9 Å². The molecule has 12 N–H and O–H groups in total. The van der Waals surface area contributed by atoms with Crippen LogP contribution in [0.25, 0.3) is 0 Å². The van der Waals surface area contributed by atoms with Crippen LogP contribution in [0.1, 0.15) is 206 Å². The number of carbonyl (C=O) groups is 1. The molecule has 0 aromatic heterocycles. The number of amides is 1. The van der Waals surface area contributed by atoms with Gasteiger partial charge in [-0.1, -0.05) is 192 Å². The Kier molecular flexibility index (Phi) is 38.1. The first kappa shape index (κ1) is 69.5. The lowest BCUT2D eigenvalue weighted by Gasteiger charge is -2.48. The molecule has 0 spiro atoms. The van der Waals surface area contributed by atoms with E-state index in [1.807, 2.05) is 6.08 Å². The Morgan fingerprint density at radius 1 is 0.455 bits per heavy atom. The maximum absolute atomic E-state index is 13.1. The molecule has 0 bridgehead atoms. The van der Waals surface area contributed by atoms with E-state index in [2.05, 4.69) is 31.3 Å². The van der Waals surface area contributed by atoms with Gasteiger partial charge in [-0.25, -0.2) is 0 Å². The van der Waals surface area contributed by atoms with Crippen LogP contribution in [0.5, 0.6) is 0 Å². The highest BCUT2D eigenvalue weighted by Gasteiger charge is 2.53. The molecule has 0 aromatic carbocycles. The SMILES string of the molecule is CCCCCCCCCCCCCCCCCCCCCC/C=C/CC/C=C/C(O)C(COC1OC(CO)C(OC2OC(CO)C(OC3OC(CO)C(O)C(O)C3O)C(O)C2O)C(O)C1O)NC(=O)CCCCCCCC. The zero-order valence-electron chi connectivity index (χ0n) is 46.9. The summed E-state index contributed by atoms with van der Waals surface area (Å²) in [5.74, 6) is -0.295. The highest BCUT2D eigenvalue weighted by atomic mass is 16.8. The average molecular weight is 1110 g/mol. The predicted molar refractivity (Wildman–Crippen MR) is 291 cm³/mol. The van der Waals surface area contributed by atoms with E-state index in [4.69, 9.17) is 28.4 Å². The van der Waals surface area contributed by atoms with Gasteiger partial charge in [-0.05, 0) is 32.1 Å². The van der Waals surface area contributed by atoms with Crippen molar-refractivity contribution in [2.45, 2.75) is 311 Å². The molecule has 1 amide bonds. The van der Waals surface area contributed by atoms with Crippen LogP contribution in [-0.2, 0) is 33.2 Å². The quantitative estimate of drug-likeness (QED) is 0.0277.